The molecule has 0 radical (unpaired) electrons. The Labute approximate surface area is 107 Å². The van der Waals surface area contributed by atoms with Crippen molar-refractivity contribution < 1.29 is 8.42 Å². The fourth-order valence-electron chi connectivity index (χ4n) is 1.26. The molecule has 2 rings (SSSR count). The van der Waals surface area contributed by atoms with E-state index in [4.69, 9.17) is 0 Å². The Morgan fingerprint density at radius 2 is 2.18 bits per heavy atom. The van der Waals surface area contributed by atoms with Gasteiger partial charge in [0.25, 0.3) is 10.0 Å². The molecule has 0 atom stereocenters. The van der Waals surface area contributed by atoms with Crippen molar-refractivity contribution >= 4 is 31.9 Å². The van der Waals surface area contributed by atoms with Crippen molar-refractivity contribution in [2.45, 2.75) is 11.8 Å². The zero-order chi connectivity index (χ0) is 12.5. The lowest BCUT2D eigenvalue weighted by atomic mass is 10.2. The van der Waals surface area contributed by atoms with Crippen LogP contribution in [0.15, 0.2) is 33.9 Å². The lowest BCUT2D eigenvalue weighted by Gasteiger charge is -2.07. The lowest BCUT2D eigenvalue weighted by Crippen LogP contribution is -2.14. The second-order valence-corrected chi connectivity index (χ2v) is 5.88. The van der Waals surface area contributed by atoms with Crippen LogP contribution in [0.2, 0.25) is 0 Å². The van der Waals surface area contributed by atoms with Crippen LogP contribution >= 0.6 is 15.9 Å². The first kappa shape index (κ1) is 12.1. The predicted molar refractivity (Wildman–Crippen MR) is 66.1 cm³/mol. The van der Waals surface area contributed by atoms with Crippen molar-refractivity contribution in [2.24, 2.45) is 0 Å². The van der Waals surface area contributed by atoms with E-state index in [1.165, 1.54) is 12.4 Å². The standard InChI is InChI=1S/C9H9BrN4O2S/c1-6-2-3-8(7(10)4-6)17(15,16)14-9-11-5-12-13-9/h2-5H,1H3,(H2,11,12,13,14). The number of H-pyrrole nitrogens is 1. The van der Waals surface area contributed by atoms with Crippen molar-refractivity contribution in [3.63, 3.8) is 0 Å². The molecular weight excluding hydrogens is 308 g/mol. The first-order valence-electron chi connectivity index (χ1n) is 4.63. The number of aromatic nitrogens is 3. The number of nitrogens with zero attached hydrogens (tertiary/aromatic N) is 2. The van der Waals surface area contributed by atoms with Crippen LogP contribution < -0.4 is 4.72 Å². The lowest BCUT2D eigenvalue weighted by molar-refractivity contribution is 0.600. The summed E-state index contributed by atoms with van der Waals surface area (Å²) >= 11 is 3.22. The van der Waals surface area contributed by atoms with Crippen LogP contribution in [-0.4, -0.2) is 23.6 Å². The van der Waals surface area contributed by atoms with Gasteiger partial charge in [0.1, 0.15) is 11.2 Å². The molecule has 0 amide bonds. The van der Waals surface area contributed by atoms with Crippen molar-refractivity contribution in [2.75, 3.05) is 4.72 Å². The molecule has 0 aliphatic heterocycles. The van der Waals surface area contributed by atoms with Gasteiger partial charge in [-0.15, -0.1) is 0 Å². The molecule has 1 heterocycles. The first-order valence-corrected chi connectivity index (χ1v) is 6.91. The van der Waals surface area contributed by atoms with E-state index in [2.05, 4.69) is 35.8 Å². The molecule has 0 aliphatic rings. The molecule has 1 aromatic carbocycles. The molecule has 0 unspecified atom stereocenters. The number of aromatic amines is 1. The third-order valence-corrected chi connectivity index (χ3v) is 4.34. The van der Waals surface area contributed by atoms with Gasteiger partial charge < -0.3 is 0 Å². The first-order chi connectivity index (χ1) is 7.99. The molecule has 2 N–H and O–H groups in total. The van der Waals surface area contributed by atoms with Crippen molar-refractivity contribution in [1.82, 2.24) is 15.2 Å². The monoisotopic (exact) mass is 316 g/mol. The summed E-state index contributed by atoms with van der Waals surface area (Å²) < 4.78 is 26.8. The zero-order valence-electron chi connectivity index (χ0n) is 8.81. The summed E-state index contributed by atoms with van der Waals surface area (Å²) in [5.41, 5.74) is 0.968. The van der Waals surface area contributed by atoms with Gasteiger partial charge in [-0.05, 0) is 40.5 Å². The highest BCUT2D eigenvalue weighted by atomic mass is 79.9. The van der Waals surface area contributed by atoms with Gasteiger partial charge >= 0.3 is 0 Å². The van der Waals surface area contributed by atoms with Crippen LogP contribution in [0.5, 0.6) is 0 Å². The SMILES string of the molecule is Cc1ccc(S(=O)(=O)Nc2ncn[nH]2)c(Br)c1. The topological polar surface area (TPSA) is 87.7 Å². The van der Waals surface area contributed by atoms with Gasteiger partial charge in [-0.3, -0.25) is 0 Å². The Hall–Kier alpha value is -1.41. The fraction of sp³-hybridized carbons (Fsp3) is 0.111. The van der Waals surface area contributed by atoms with Gasteiger partial charge in [-0.1, -0.05) is 6.07 Å². The molecule has 2 aromatic rings. The van der Waals surface area contributed by atoms with Crippen LogP contribution in [0.4, 0.5) is 5.95 Å². The quantitative estimate of drug-likeness (QED) is 0.901. The zero-order valence-corrected chi connectivity index (χ0v) is 11.2. The number of rotatable bonds is 3. The smallest absolute Gasteiger partial charge is 0.248 e. The Morgan fingerprint density at radius 1 is 1.41 bits per heavy atom. The Balaban J connectivity index is 2.38. The van der Waals surface area contributed by atoms with E-state index in [1.807, 2.05) is 6.92 Å². The van der Waals surface area contributed by atoms with Crippen molar-refractivity contribution in [3.05, 3.63) is 34.6 Å². The summed E-state index contributed by atoms with van der Waals surface area (Å²) in [5, 5.41) is 5.99. The molecule has 17 heavy (non-hydrogen) atoms. The highest BCUT2D eigenvalue weighted by molar-refractivity contribution is 9.10. The van der Waals surface area contributed by atoms with Gasteiger partial charge in [0.2, 0.25) is 5.95 Å². The number of halogens is 1. The van der Waals surface area contributed by atoms with Gasteiger partial charge in [0.15, 0.2) is 0 Å². The van der Waals surface area contributed by atoms with Gasteiger partial charge in [-0.2, -0.15) is 10.1 Å². The molecule has 0 saturated carbocycles. The summed E-state index contributed by atoms with van der Waals surface area (Å²) in [4.78, 5) is 3.85. The number of benzene rings is 1. The van der Waals surface area contributed by atoms with E-state index in [0.717, 1.165) is 5.56 Å². The van der Waals surface area contributed by atoms with E-state index < -0.39 is 10.0 Å². The molecule has 90 valence electrons. The third-order valence-electron chi connectivity index (χ3n) is 2.02. The molecule has 0 aliphatic carbocycles. The molecule has 8 heteroatoms. The maximum absolute atomic E-state index is 12.0. The highest BCUT2D eigenvalue weighted by Gasteiger charge is 2.18. The van der Waals surface area contributed by atoms with Crippen LogP contribution in [0.3, 0.4) is 0 Å². The number of sulfonamides is 1. The summed E-state index contributed by atoms with van der Waals surface area (Å²) in [7, 11) is -3.66. The highest BCUT2D eigenvalue weighted by Crippen LogP contribution is 2.24. The normalized spacial score (nSPS) is 11.4. The average molecular weight is 317 g/mol. The van der Waals surface area contributed by atoms with Crippen LogP contribution in [0.1, 0.15) is 5.56 Å². The summed E-state index contributed by atoms with van der Waals surface area (Å²) in [6, 6.07) is 4.98. The summed E-state index contributed by atoms with van der Waals surface area (Å²) in [5.74, 6) is 0.0810. The van der Waals surface area contributed by atoms with Crippen LogP contribution in [-0.2, 0) is 10.0 Å². The van der Waals surface area contributed by atoms with Crippen LogP contribution in [0.25, 0.3) is 0 Å². The van der Waals surface area contributed by atoms with Gasteiger partial charge in [-0.25, -0.2) is 18.2 Å². The van der Waals surface area contributed by atoms with Crippen LogP contribution in [0, 0.1) is 6.92 Å². The Kier molecular flexibility index (Phi) is 3.16. The fourth-order valence-corrected chi connectivity index (χ4v) is 3.42. The molecule has 1 aromatic heterocycles. The Bertz CT molecular complexity index is 624. The average Bonchev–Trinajstić information content (AvgIpc) is 2.68. The van der Waals surface area contributed by atoms with Gasteiger partial charge in [0, 0.05) is 4.47 Å². The summed E-state index contributed by atoms with van der Waals surface area (Å²) in [6.07, 6.45) is 1.22. The minimum Gasteiger partial charge on any atom is -0.248 e. The van der Waals surface area contributed by atoms with E-state index >= 15 is 0 Å². The molecule has 0 saturated heterocycles. The number of aryl methyl sites for hydroxylation is 1. The second-order valence-electron chi connectivity index (χ2n) is 3.37. The van der Waals surface area contributed by atoms with E-state index in [1.54, 1.807) is 12.1 Å². The number of nitrogens with one attached hydrogen (secondary N) is 2. The molecule has 6 nitrogen and oxygen atoms in total. The number of hydrogen-bond acceptors (Lipinski definition) is 4. The maximum Gasteiger partial charge on any atom is 0.265 e. The summed E-state index contributed by atoms with van der Waals surface area (Å²) in [6.45, 7) is 1.88. The van der Waals surface area contributed by atoms with E-state index in [-0.39, 0.29) is 10.8 Å². The molecular formula is C9H9BrN4O2S. The molecule has 0 spiro atoms. The Morgan fingerprint density at radius 3 is 2.76 bits per heavy atom. The second kappa shape index (κ2) is 4.46. The molecule has 0 fully saturated rings. The minimum atomic E-state index is -3.66. The van der Waals surface area contributed by atoms with Crippen molar-refractivity contribution in [1.29, 1.82) is 0 Å². The molecule has 0 bridgehead atoms. The minimum absolute atomic E-state index is 0.0810. The maximum atomic E-state index is 12.0. The largest absolute Gasteiger partial charge is 0.265 e. The number of anilines is 1. The van der Waals surface area contributed by atoms with E-state index in [9.17, 15) is 8.42 Å². The number of hydrogen-bond donors (Lipinski definition) is 2. The van der Waals surface area contributed by atoms with Gasteiger partial charge in [0.05, 0.1) is 0 Å². The van der Waals surface area contributed by atoms with Crippen molar-refractivity contribution in [3.8, 4) is 0 Å². The van der Waals surface area contributed by atoms with E-state index in [0.29, 0.717) is 4.47 Å². The third kappa shape index (κ3) is 2.64. The predicted octanol–water partition coefficient (Wildman–Crippen LogP) is 1.68.